The number of hydrogen-bond acceptors (Lipinski definition) is 2. The first-order valence-electron chi connectivity index (χ1n) is 4.37. The van der Waals surface area contributed by atoms with Crippen LogP contribution in [0.3, 0.4) is 0 Å². The van der Waals surface area contributed by atoms with Crippen LogP contribution < -0.4 is 10.5 Å². The van der Waals surface area contributed by atoms with Crippen molar-refractivity contribution in [2.45, 2.75) is 19.4 Å². The Morgan fingerprint density at radius 3 is 3.08 bits per heavy atom. The Kier molecular flexibility index (Phi) is 2.30. The topological polar surface area (TPSA) is 35.2 Å². The zero-order valence-electron chi connectivity index (χ0n) is 7.51. The molecular formula is C10H12BrNO. The molecule has 0 unspecified atom stereocenters. The van der Waals surface area contributed by atoms with Gasteiger partial charge in [-0.3, -0.25) is 0 Å². The van der Waals surface area contributed by atoms with Crippen molar-refractivity contribution >= 4 is 15.9 Å². The fraction of sp³-hybridized carbons (Fsp3) is 0.400. The van der Waals surface area contributed by atoms with E-state index in [9.17, 15) is 0 Å². The summed E-state index contributed by atoms with van der Waals surface area (Å²) in [6.07, 6.45) is 0.905. The van der Waals surface area contributed by atoms with Crippen molar-refractivity contribution < 1.29 is 4.74 Å². The molecule has 0 fully saturated rings. The fourth-order valence-electron chi connectivity index (χ4n) is 1.54. The highest BCUT2D eigenvalue weighted by molar-refractivity contribution is 9.10. The monoisotopic (exact) mass is 241 g/mol. The minimum atomic E-state index is 0.126. The number of fused-ring (bicyclic) bond motifs is 1. The average molecular weight is 242 g/mol. The number of hydrogen-bond donors (Lipinski definition) is 1. The Balaban J connectivity index is 2.52. The van der Waals surface area contributed by atoms with Gasteiger partial charge in [-0.05, 0) is 24.6 Å². The van der Waals surface area contributed by atoms with Gasteiger partial charge in [0, 0.05) is 22.5 Å². The summed E-state index contributed by atoms with van der Waals surface area (Å²) in [6, 6.07) is 4.23. The van der Waals surface area contributed by atoms with Crippen LogP contribution in [0.25, 0.3) is 0 Å². The van der Waals surface area contributed by atoms with Crippen molar-refractivity contribution in [2.75, 3.05) is 6.61 Å². The molecule has 1 aromatic rings. The van der Waals surface area contributed by atoms with Crippen molar-refractivity contribution in [3.63, 3.8) is 0 Å². The maximum absolute atomic E-state index is 5.96. The zero-order chi connectivity index (χ0) is 9.42. The van der Waals surface area contributed by atoms with Gasteiger partial charge in [-0.2, -0.15) is 0 Å². The SMILES string of the molecule is Cc1cc2c(cc1Br)[C@H](N)CCO2. The number of halogens is 1. The van der Waals surface area contributed by atoms with Crippen LogP contribution in [0.5, 0.6) is 5.75 Å². The van der Waals surface area contributed by atoms with Crippen molar-refractivity contribution in [1.82, 2.24) is 0 Å². The van der Waals surface area contributed by atoms with E-state index >= 15 is 0 Å². The maximum Gasteiger partial charge on any atom is 0.124 e. The lowest BCUT2D eigenvalue weighted by atomic mass is 10.0. The van der Waals surface area contributed by atoms with E-state index in [1.54, 1.807) is 0 Å². The van der Waals surface area contributed by atoms with E-state index in [2.05, 4.69) is 22.0 Å². The van der Waals surface area contributed by atoms with Crippen LogP contribution in [0.15, 0.2) is 16.6 Å². The van der Waals surface area contributed by atoms with Crippen molar-refractivity contribution in [2.24, 2.45) is 5.73 Å². The third-order valence-electron chi connectivity index (χ3n) is 2.38. The van der Waals surface area contributed by atoms with Gasteiger partial charge >= 0.3 is 0 Å². The van der Waals surface area contributed by atoms with Gasteiger partial charge in [0.25, 0.3) is 0 Å². The summed E-state index contributed by atoms with van der Waals surface area (Å²) >= 11 is 3.49. The van der Waals surface area contributed by atoms with Gasteiger partial charge in [0.05, 0.1) is 6.61 Å². The second-order valence-corrected chi connectivity index (χ2v) is 4.24. The first-order valence-corrected chi connectivity index (χ1v) is 5.16. The van der Waals surface area contributed by atoms with E-state index in [0.717, 1.165) is 28.8 Å². The molecule has 0 bridgehead atoms. The van der Waals surface area contributed by atoms with Gasteiger partial charge < -0.3 is 10.5 Å². The quantitative estimate of drug-likeness (QED) is 0.758. The third-order valence-corrected chi connectivity index (χ3v) is 3.23. The Hall–Kier alpha value is -0.540. The summed E-state index contributed by atoms with van der Waals surface area (Å²) in [5, 5.41) is 0. The molecule has 0 aromatic heterocycles. The predicted octanol–water partition coefficient (Wildman–Crippen LogP) is 2.54. The smallest absolute Gasteiger partial charge is 0.124 e. The van der Waals surface area contributed by atoms with E-state index in [1.807, 2.05) is 13.0 Å². The van der Waals surface area contributed by atoms with Crippen molar-refractivity contribution in [1.29, 1.82) is 0 Å². The lowest BCUT2D eigenvalue weighted by molar-refractivity contribution is 0.268. The molecule has 1 aliphatic heterocycles. The third kappa shape index (κ3) is 1.58. The van der Waals surface area contributed by atoms with Crippen LogP contribution in [0.4, 0.5) is 0 Å². The average Bonchev–Trinajstić information content (AvgIpc) is 2.09. The largest absolute Gasteiger partial charge is 0.493 e. The van der Waals surface area contributed by atoms with Gasteiger partial charge in [0.2, 0.25) is 0 Å². The summed E-state index contributed by atoms with van der Waals surface area (Å²) < 4.78 is 6.63. The molecule has 2 N–H and O–H groups in total. The molecule has 0 radical (unpaired) electrons. The summed E-state index contributed by atoms with van der Waals surface area (Å²) in [6.45, 7) is 2.78. The van der Waals surface area contributed by atoms with Gasteiger partial charge in [-0.25, -0.2) is 0 Å². The highest BCUT2D eigenvalue weighted by Crippen LogP contribution is 2.34. The van der Waals surface area contributed by atoms with Crippen LogP contribution in [-0.4, -0.2) is 6.61 Å². The lowest BCUT2D eigenvalue weighted by Crippen LogP contribution is -2.20. The fourth-order valence-corrected chi connectivity index (χ4v) is 1.90. The number of ether oxygens (including phenoxy) is 1. The summed E-state index contributed by atoms with van der Waals surface area (Å²) in [5.41, 5.74) is 8.27. The first kappa shape index (κ1) is 9.03. The van der Waals surface area contributed by atoms with E-state index in [1.165, 1.54) is 5.56 Å². The minimum Gasteiger partial charge on any atom is -0.493 e. The first-order chi connectivity index (χ1) is 6.18. The Morgan fingerprint density at radius 1 is 1.54 bits per heavy atom. The molecule has 13 heavy (non-hydrogen) atoms. The van der Waals surface area contributed by atoms with E-state index in [-0.39, 0.29) is 6.04 Å². The van der Waals surface area contributed by atoms with Crippen LogP contribution in [0, 0.1) is 6.92 Å². The summed E-state index contributed by atoms with van der Waals surface area (Å²) in [5.74, 6) is 0.944. The Bertz CT molecular complexity index is 338. The Labute approximate surface area is 86.2 Å². The highest BCUT2D eigenvalue weighted by Gasteiger charge is 2.18. The molecule has 3 heteroatoms. The molecule has 1 aromatic carbocycles. The van der Waals surface area contributed by atoms with Gasteiger partial charge in [0.15, 0.2) is 0 Å². The summed E-state index contributed by atoms with van der Waals surface area (Å²) in [7, 11) is 0. The minimum absolute atomic E-state index is 0.126. The standard InChI is InChI=1S/C10H12BrNO/c1-6-4-10-7(5-8(6)11)9(12)2-3-13-10/h4-5,9H,2-3,12H2,1H3/t9-/m1/s1. The molecule has 2 rings (SSSR count). The number of rotatable bonds is 0. The van der Waals surface area contributed by atoms with Crippen LogP contribution in [0.2, 0.25) is 0 Å². The predicted molar refractivity (Wildman–Crippen MR) is 55.9 cm³/mol. The normalized spacial score (nSPS) is 20.7. The number of aryl methyl sites for hydroxylation is 1. The summed E-state index contributed by atoms with van der Waals surface area (Å²) in [4.78, 5) is 0. The Morgan fingerprint density at radius 2 is 2.31 bits per heavy atom. The van der Waals surface area contributed by atoms with E-state index < -0.39 is 0 Å². The van der Waals surface area contributed by atoms with Crippen LogP contribution >= 0.6 is 15.9 Å². The van der Waals surface area contributed by atoms with Crippen molar-refractivity contribution in [3.8, 4) is 5.75 Å². The second kappa shape index (κ2) is 3.31. The molecule has 2 nitrogen and oxygen atoms in total. The zero-order valence-corrected chi connectivity index (χ0v) is 9.10. The number of nitrogens with two attached hydrogens (primary N) is 1. The molecule has 1 aliphatic rings. The van der Waals surface area contributed by atoms with Gasteiger partial charge in [-0.15, -0.1) is 0 Å². The van der Waals surface area contributed by atoms with Crippen LogP contribution in [-0.2, 0) is 0 Å². The molecule has 1 atom stereocenters. The van der Waals surface area contributed by atoms with Gasteiger partial charge in [-0.1, -0.05) is 15.9 Å². The molecule has 0 saturated carbocycles. The van der Waals surface area contributed by atoms with E-state index in [0.29, 0.717) is 0 Å². The highest BCUT2D eigenvalue weighted by atomic mass is 79.9. The molecule has 0 amide bonds. The molecule has 0 spiro atoms. The molecule has 1 heterocycles. The molecule has 0 aliphatic carbocycles. The second-order valence-electron chi connectivity index (χ2n) is 3.38. The maximum atomic E-state index is 5.96. The number of benzene rings is 1. The van der Waals surface area contributed by atoms with Crippen LogP contribution in [0.1, 0.15) is 23.6 Å². The molecular weight excluding hydrogens is 230 g/mol. The molecule has 0 saturated heterocycles. The lowest BCUT2D eigenvalue weighted by Gasteiger charge is -2.23. The van der Waals surface area contributed by atoms with Crippen molar-refractivity contribution in [3.05, 3.63) is 27.7 Å². The van der Waals surface area contributed by atoms with Gasteiger partial charge in [0.1, 0.15) is 5.75 Å². The molecule has 70 valence electrons. The van der Waals surface area contributed by atoms with E-state index in [4.69, 9.17) is 10.5 Å².